The zero-order valence-electron chi connectivity index (χ0n) is 8.99. The largest absolute Gasteiger partial charge is 0.396 e. The van der Waals surface area contributed by atoms with Crippen LogP contribution in [0.4, 0.5) is 0 Å². The highest BCUT2D eigenvalue weighted by Crippen LogP contribution is 2.34. The summed E-state index contributed by atoms with van der Waals surface area (Å²) in [6, 6.07) is 0. The van der Waals surface area contributed by atoms with Gasteiger partial charge in [0.1, 0.15) is 0 Å². The van der Waals surface area contributed by atoms with Gasteiger partial charge < -0.3 is 15.7 Å². The van der Waals surface area contributed by atoms with Crippen LogP contribution in [0, 0.1) is 11.3 Å². The van der Waals surface area contributed by atoms with Crippen LogP contribution in [0.2, 0.25) is 0 Å². The number of carbonyl (C=O) groups is 1. The minimum atomic E-state index is 0.0268. The van der Waals surface area contributed by atoms with Gasteiger partial charge in [0.15, 0.2) is 0 Å². The summed E-state index contributed by atoms with van der Waals surface area (Å²) in [4.78, 5) is 13.4. The van der Waals surface area contributed by atoms with Crippen molar-refractivity contribution in [2.45, 2.75) is 20.3 Å². The van der Waals surface area contributed by atoms with Gasteiger partial charge in [0.25, 0.3) is 0 Å². The second-order valence-corrected chi connectivity index (χ2v) is 4.68. The van der Waals surface area contributed by atoms with E-state index in [1.807, 2.05) is 4.90 Å². The first kappa shape index (κ1) is 11.5. The Hall–Kier alpha value is -0.610. The summed E-state index contributed by atoms with van der Waals surface area (Å²) in [7, 11) is 0. The summed E-state index contributed by atoms with van der Waals surface area (Å²) in [6.07, 6.45) is 0.411. The second kappa shape index (κ2) is 4.28. The quantitative estimate of drug-likeness (QED) is 0.663. The number of nitrogens with zero attached hydrogens (tertiary/aromatic N) is 1. The van der Waals surface area contributed by atoms with Gasteiger partial charge >= 0.3 is 0 Å². The van der Waals surface area contributed by atoms with Crippen LogP contribution in [-0.4, -0.2) is 42.2 Å². The zero-order valence-corrected chi connectivity index (χ0v) is 8.99. The lowest BCUT2D eigenvalue weighted by atomic mass is 9.83. The van der Waals surface area contributed by atoms with Gasteiger partial charge in [0.05, 0.1) is 0 Å². The van der Waals surface area contributed by atoms with E-state index < -0.39 is 0 Å². The van der Waals surface area contributed by atoms with E-state index in [0.29, 0.717) is 19.5 Å². The first-order valence-electron chi connectivity index (χ1n) is 5.10. The number of aliphatic hydroxyl groups excluding tert-OH is 1. The van der Waals surface area contributed by atoms with Crippen molar-refractivity contribution in [2.75, 3.05) is 26.2 Å². The van der Waals surface area contributed by atoms with Gasteiger partial charge in [-0.15, -0.1) is 0 Å². The standard InChI is InChI=1S/C10H20N2O2/c1-10(2)7-12(5-8(10)6-13)9(14)3-4-11/h8,13H,3-7,11H2,1-2H3. The third kappa shape index (κ3) is 2.25. The number of hydrogen-bond donors (Lipinski definition) is 2. The van der Waals surface area contributed by atoms with Gasteiger partial charge in [0.2, 0.25) is 5.91 Å². The summed E-state index contributed by atoms with van der Waals surface area (Å²) in [6.45, 7) is 6.13. The average Bonchev–Trinajstić information content (AvgIpc) is 2.41. The fourth-order valence-corrected chi connectivity index (χ4v) is 1.98. The van der Waals surface area contributed by atoms with Crippen LogP contribution in [0.25, 0.3) is 0 Å². The predicted octanol–water partition coefficient (Wildman–Crippen LogP) is -0.188. The Morgan fingerprint density at radius 3 is 2.71 bits per heavy atom. The second-order valence-electron chi connectivity index (χ2n) is 4.68. The third-order valence-corrected chi connectivity index (χ3v) is 3.08. The Balaban J connectivity index is 2.57. The minimum Gasteiger partial charge on any atom is -0.396 e. The maximum Gasteiger partial charge on any atom is 0.223 e. The summed E-state index contributed by atoms with van der Waals surface area (Å²) in [5.41, 5.74) is 5.36. The van der Waals surface area contributed by atoms with E-state index in [1.165, 1.54) is 0 Å². The van der Waals surface area contributed by atoms with Gasteiger partial charge in [-0.05, 0) is 5.41 Å². The molecule has 1 saturated heterocycles. The number of amides is 1. The molecule has 4 heteroatoms. The highest BCUT2D eigenvalue weighted by molar-refractivity contribution is 5.76. The first-order valence-corrected chi connectivity index (χ1v) is 5.10. The van der Waals surface area contributed by atoms with Gasteiger partial charge in [0, 0.05) is 38.6 Å². The van der Waals surface area contributed by atoms with Crippen LogP contribution < -0.4 is 5.73 Å². The lowest BCUT2D eigenvalue weighted by Gasteiger charge is -2.23. The first-order chi connectivity index (χ1) is 6.51. The van der Waals surface area contributed by atoms with Crippen molar-refractivity contribution in [1.29, 1.82) is 0 Å². The number of carbonyl (C=O) groups excluding carboxylic acids is 1. The van der Waals surface area contributed by atoms with Crippen LogP contribution in [0.15, 0.2) is 0 Å². The lowest BCUT2D eigenvalue weighted by molar-refractivity contribution is -0.130. The van der Waals surface area contributed by atoms with E-state index in [0.717, 1.165) is 6.54 Å². The molecule has 0 aromatic rings. The maximum absolute atomic E-state index is 11.6. The highest BCUT2D eigenvalue weighted by atomic mass is 16.3. The third-order valence-electron chi connectivity index (χ3n) is 3.08. The van der Waals surface area contributed by atoms with Crippen molar-refractivity contribution in [3.63, 3.8) is 0 Å². The Morgan fingerprint density at radius 1 is 1.64 bits per heavy atom. The van der Waals surface area contributed by atoms with Gasteiger partial charge in [-0.1, -0.05) is 13.8 Å². The lowest BCUT2D eigenvalue weighted by Crippen LogP contribution is -2.31. The Morgan fingerprint density at radius 2 is 2.29 bits per heavy atom. The molecular formula is C10H20N2O2. The minimum absolute atomic E-state index is 0.0268. The molecular weight excluding hydrogens is 180 g/mol. The van der Waals surface area contributed by atoms with Crippen LogP contribution in [0.3, 0.4) is 0 Å². The monoisotopic (exact) mass is 200 g/mol. The smallest absolute Gasteiger partial charge is 0.223 e. The molecule has 1 rings (SSSR count). The summed E-state index contributed by atoms with van der Waals surface area (Å²) < 4.78 is 0. The van der Waals surface area contributed by atoms with Gasteiger partial charge in [-0.2, -0.15) is 0 Å². The molecule has 1 aliphatic rings. The van der Waals surface area contributed by atoms with Crippen molar-refractivity contribution in [3.05, 3.63) is 0 Å². The molecule has 82 valence electrons. The topological polar surface area (TPSA) is 66.6 Å². The average molecular weight is 200 g/mol. The molecule has 1 amide bonds. The molecule has 0 saturated carbocycles. The van der Waals surface area contributed by atoms with Crippen molar-refractivity contribution < 1.29 is 9.90 Å². The summed E-state index contributed by atoms with van der Waals surface area (Å²) in [5.74, 6) is 0.306. The van der Waals surface area contributed by atoms with E-state index in [9.17, 15) is 4.79 Å². The molecule has 0 bridgehead atoms. The van der Waals surface area contributed by atoms with Crippen LogP contribution >= 0.6 is 0 Å². The molecule has 0 aromatic heterocycles. The number of likely N-dealkylation sites (tertiary alicyclic amines) is 1. The molecule has 14 heavy (non-hydrogen) atoms. The van der Waals surface area contributed by atoms with Crippen LogP contribution in [0.1, 0.15) is 20.3 Å². The molecule has 1 atom stereocenters. The number of nitrogens with two attached hydrogens (primary N) is 1. The summed E-state index contributed by atoms with van der Waals surface area (Å²) in [5, 5.41) is 9.17. The van der Waals surface area contributed by atoms with Crippen molar-refractivity contribution in [2.24, 2.45) is 17.1 Å². The predicted molar refractivity (Wildman–Crippen MR) is 54.6 cm³/mol. The van der Waals surface area contributed by atoms with Crippen molar-refractivity contribution >= 4 is 5.91 Å². The molecule has 1 unspecified atom stereocenters. The molecule has 1 aliphatic heterocycles. The molecule has 4 nitrogen and oxygen atoms in total. The summed E-state index contributed by atoms with van der Waals surface area (Å²) >= 11 is 0. The molecule has 3 N–H and O–H groups in total. The highest BCUT2D eigenvalue weighted by Gasteiger charge is 2.40. The van der Waals surface area contributed by atoms with E-state index in [4.69, 9.17) is 10.8 Å². The molecule has 0 radical (unpaired) electrons. The van der Waals surface area contributed by atoms with E-state index in [2.05, 4.69) is 13.8 Å². The van der Waals surface area contributed by atoms with E-state index in [1.54, 1.807) is 0 Å². The molecule has 0 spiro atoms. The van der Waals surface area contributed by atoms with Gasteiger partial charge in [-0.3, -0.25) is 4.79 Å². The van der Waals surface area contributed by atoms with Crippen LogP contribution in [-0.2, 0) is 4.79 Å². The fraction of sp³-hybridized carbons (Fsp3) is 0.900. The van der Waals surface area contributed by atoms with Gasteiger partial charge in [-0.25, -0.2) is 0 Å². The van der Waals surface area contributed by atoms with Crippen LogP contribution in [0.5, 0.6) is 0 Å². The fourth-order valence-electron chi connectivity index (χ4n) is 1.98. The number of aliphatic hydroxyl groups is 1. The van der Waals surface area contributed by atoms with Crippen molar-refractivity contribution in [1.82, 2.24) is 4.90 Å². The number of hydrogen-bond acceptors (Lipinski definition) is 3. The molecule has 0 aromatic carbocycles. The molecule has 1 fully saturated rings. The zero-order chi connectivity index (χ0) is 10.8. The number of rotatable bonds is 3. The Bertz CT molecular complexity index is 216. The SMILES string of the molecule is CC1(C)CN(C(=O)CCN)CC1CO. The molecule has 0 aliphatic carbocycles. The maximum atomic E-state index is 11.6. The Kier molecular flexibility index (Phi) is 3.50. The molecule has 1 heterocycles. The van der Waals surface area contributed by atoms with E-state index in [-0.39, 0.29) is 23.8 Å². The normalized spacial score (nSPS) is 25.4. The Labute approximate surface area is 85.1 Å². The van der Waals surface area contributed by atoms with Crippen molar-refractivity contribution in [3.8, 4) is 0 Å². The van der Waals surface area contributed by atoms with E-state index >= 15 is 0 Å².